The zero-order valence-corrected chi connectivity index (χ0v) is 11.9. The van der Waals surface area contributed by atoms with Crippen molar-refractivity contribution in [3.8, 4) is 0 Å². The third-order valence-electron chi connectivity index (χ3n) is 3.52. The normalized spacial score (nSPS) is 20.3. The van der Waals surface area contributed by atoms with E-state index in [4.69, 9.17) is 15.0 Å². The average molecular weight is 321 g/mol. The predicted molar refractivity (Wildman–Crippen MR) is 76.7 cm³/mol. The van der Waals surface area contributed by atoms with E-state index in [0.29, 0.717) is 5.69 Å². The molecule has 0 saturated carbocycles. The molecule has 2 aliphatic heterocycles. The van der Waals surface area contributed by atoms with Crippen LogP contribution in [0.25, 0.3) is 10.4 Å². The van der Waals surface area contributed by atoms with Crippen LogP contribution in [0.5, 0.6) is 0 Å². The van der Waals surface area contributed by atoms with Gasteiger partial charge in [-0.3, -0.25) is 9.80 Å². The fraction of sp³-hybridized carbons (Fsp3) is 0.385. The van der Waals surface area contributed by atoms with Gasteiger partial charge in [0, 0.05) is 4.91 Å². The molecular formula is C13H12FN5O4. The van der Waals surface area contributed by atoms with Crippen molar-refractivity contribution in [2.75, 3.05) is 36.0 Å². The highest BCUT2D eigenvalue weighted by Gasteiger charge is 2.33. The molecule has 1 aromatic rings. The second kappa shape index (κ2) is 6.01. The van der Waals surface area contributed by atoms with Crippen molar-refractivity contribution in [1.82, 2.24) is 0 Å². The number of ether oxygens (including phenoxy) is 2. The summed E-state index contributed by atoms with van der Waals surface area (Å²) in [5, 5.41) is 3.35. The molecule has 3 rings (SSSR count). The van der Waals surface area contributed by atoms with Gasteiger partial charge in [-0.2, -0.15) is 0 Å². The molecule has 0 aromatic heterocycles. The van der Waals surface area contributed by atoms with Crippen LogP contribution in [-0.4, -0.2) is 44.5 Å². The summed E-state index contributed by atoms with van der Waals surface area (Å²) in [5.74, 6) is -0.646. The molecule has 1 atom stereocenters. The van der Waals surface area contributed by atoms with Gasteiger partial charge in [-0.15, -0.1) is 0 Å². The molecule has 1 aromatic carbocycles. The van der Waals surface area contributed by atoms with Crippen LogP contribution in [-0.2, 0) is 9.47 Å². The number of cyclic esters (lactones) is 2. The van der Waals surface area contributed by atoms with E-state index in [1.54, 1.807) is 0 Å². The van der Waals surface area contributed by atoms with Gasteiger partial charge in [0.1, 0.15) is 18.5 Å². The lowest BCUT2D eigenvalue weighted by atomic mass is 10.2. The lowest BCUT2D eigenvalue weighted by molar-refractivity contribution is 0.145. The number of nitrogens with zero attached hydrogens (tertiary/aromatic N) is 5. The molecule has 0 radical (unpaired) electrons. The maximum absolute atomic E-state index is 14.3. The van der Waals surface area contributed by atoms with Crippen LogP contribution < -0.4 is 9.80 Å². The van der Waals surface area contributed by atoms with E-state index in [0.717, 1.165) is 6.07 Å². The number of amides is 2. The number of benzene rings is 1. The summed E-state index contributed by atoms with van der Waals surface area (Å²) in [7, 11) is 0. The summed E-state index contributed by atoms with van der Waals surface area (Å²) < 4.78 is 24.1. The van der Waals surface area contributed by atoms with Crippen LogP contribution in [0.4, 0.5) is 25.4 Å². The molecule has 23 heavy (non-hydrogen) atoms. The maximum Gasteiger partial charge on any atom is 0.414 e. The van der Waals surface area contributed by atoms with Crippen LogP contribution in [0.3, 0.4) is 0 Å². The second-order valence-electron chi connectivity index (χ2n) is 4.93. The van der Waals surface area contributed by atoms with E-state index >= 15 is 0 Å². The Bertz CT molecular complexity index is 706. The number of carbonyl (C=O) groups excluding carboxylic acids is 2. The first kappa shape index (κ1) is 14.9. The molecule has 2 heterocycles. The molecule has 2 fully saturated rings. The van der Waals surface area contributed by atoms with Crippen molar-refractivity contribution in [1.29, 1.82) is 0 Å². The Kier molecular flexibility index (Phi) is 3.90. The number of carbonyl (C=O) groups is 2. The lowest BCUT2D eigenvalue weighted by Gasteiger charge is -2.17. The first-order chi connectivity index (χ1) is 11.1. The van der Waals surface area contributed by atoms with E-state index < -0.39 is 24.1 Å². The summed E-state index contributed by atoms with van der Waals surface area (Å²) in [6.07, 6.45) is -1.82. The van der Waals surface area contributed by atoms with Crippen molar-refractivity contribution in [3.63, 3.8) is 0 Å². The van der Waals surface area contributed by atoms with Crippen molar-refractivity contribution in [3.05, 3.63) is 34.5 Å². The van der Waals surface area contributed by atoms with Gasteiger partial charge in [-0.25, -0.2) is 14.0 Å². The van der Waals surface area contributed by atoms with E-state index in [1.165, 1.54) is 21.9 Å². The quantitative estimate of drug-likeness (QED) is 0.482. The summed E-state index contributed by atoms with van der Waals surface area (Å²) >= 11 is 0. The molecule has 2 amide bonds. The molecule has 0 unspecified atom stereocenters. The SMILES string of the molecule is [N-]=[N+]=NC[C@@H]1CN(c2ccc(N3CCOC3=O)c(F)c2)C(=O)O1. The van der Waals surface area contributed by atoms with Crippen molar-refractivity contribution in [2.24, 2.45) is 5.11 Å². The molecule has 0 spiro atoms. The van der Waals surface area contributed by atoms with Crippen LogP contribution in [0.1, 0.15) is 0 Å². The van der Waals surface area contributed by atoms with Gasteiger partial charge in [0.15, 0.2) is 0 Å². The molecule has 0 aliphatic carbocycles. The highest BCUT2D eigenvalue weighted by molar-refractivity contribution is 5.92. The Balaban J connectivity index is 1.79. The number of halogens is 1. The Labute approximate surface area is 129 Å². The fourth-order valence-corrected chi connectivity index (χ4v) is 2.45. The minimum absolute atomic E-state index is 0.0128. The van der Waals surface area contributed by atoms with Gasteiger partial charge in [0.25, 0.3) is 0 Å². The smallest absolute Gasteiger partial charge is 0.414 e. The van der Waals surface area contributed by atoms with Gasteiger partial charge in [0.2, 0.25) is 0 Å². The summed E-state index contributed by atoms with van der Waals surface area (Å²) in [4.78, 5) is 28.3. The molecule has 9 nitrogen and oxygen atoms in total. The van der Waals surface area contributed by atoms with Gasteiger partial charge in [0.05, 0.1) is 31.0 Å². The molecule has 2 aliphatic rings. The number of hydrogen-bond acceptors (Lipinski definition) is 5. The lowest BCUT2D eigenvalue weighted by Crippen LogP contribution is -2.27. The van der Waals surface area contributed by atoms with Gasteiger partial charge in [-0.05, 0) is 23.7 Å². The fourth-order valence-electron chi connectivity index (χ4n) is 2.45. The number of azide groups is 1. The standard InChI is InChI=1S/C13H12FN5O4/c14-10-5-8(1-2-11(10)18-3-4-22-12(18)20)19-7-9(6-16-17-15)23-13(19)21/h1-2,5,9H,3-4,6-7H2/t9-/m1/s1. The number of hydrogen-bond donors (Lipinski definition) is 0. The Morgan fingerprint density at radius 3 is 2.83 bits per heavy atom. The Morgan fingerprint density at radius 1 is 1.35 bits per heavy atom. The molecule has 0 N–H and O–H groups in total. The van der Waals surface area contributed by atoms with Crippen LogP contribution >= 0.6 is 0 Å². The molecule has 0 bridgehead atoms. The van der Waals surface area contributed by atoms with Crippen LogP contribution in [0.15, 0.2) is 23.3 Å². The largest absolute Gasteiger partial charge is 0.447 e. The monoisotopic (exact) mass is 321 g/mol. The number of anilines is 2. The van der Waals surface area contributed by atoms with Crippen molar-refractivity contribution < 1.29 is 23.5 Å². The molecular weight excluding hydrogens is 309 g/mol. The highest BCUT2D eigenvalue weighted by Crippen LogP contribution is 2.29. The molecule has 120 valence electrons. The van der Waals surface area contributed by atoms with Gasteiger partial charge in [-0.1, -0.05) is 5.11 Å². The first-order valence-electron chi connectivity index (χ1n) is 6.83. The van der Waals surface area contributed by atoms with E-state index in [1.807, 2.05) is 0 Å². The highest BCUT2D eigenvalue weighted by atomic mass is 19.1. The molecule has 10 heteroatoms. The summed E-state index contributed by atoms with van der Waals surface area (Å²) in [6.45, 7) is 0.649. The maximum atomic E-state index is 14.3. The van der Waals surface area contributed by atoms with E-state index in [9.17, 15) is 14.0 Å². The van der Waals surface area contributed by atoms with Crippen LogP contribution in [0, 0.1) is 5.82 Å². The minimum Gasteiger partial charge on any atom is -0.447 e. The van der Waals surface area contributed by atoms with E-state index in [2.05, 4.69) is 10.0 Å². The molecule has 2 saturated heterocycles. The average Bonchev–Trinajstić information content (AvgIpc) is 3.11. The topological polar surface area (TPSA) is 108 Å². The zero-order chi connectivity index (χ0) is 16.4. The number of rotatable bonds is 4. The minimum atomic E-state index is -0.646. The van der Waals surface area contributed by atoms with Crippen molar-refractivity contribution >= 4 is 23.6 Å². The second-order valence-corrected chi connectivity index (χ2v) is 4.93. The van der Waals surface area contributed by atoms with Crippen molar-refractivity contribution in [2.45, 2.75) is 6.10 Å². The summed E-state index contributed by atoms with van der Waals surface area (Å²) in [6, 6.07) is 4.07. The van der Waals surface area contributed by atoms with E-state index in [-0.39, 0.29) is 31.9 Å². The van der Waals surface area contributed by atoms with Crippen LogP contribution in [0.2, 0.25) is 0 Å². The summed E-state index contributed by atoms with van der Waals surface area (Å²) in [5.41, 5.74) is 8.67. The third-order valence-corrected chi connectivity index (χ3v) is 3.52. The third kappa shape index (κ3) is 2.84. The first-order valence-corrected chi connectivity index (χ1v) is 6.83. The van der Waals surface area contributed by atoms with Gasteiger partial charge >= 0.3 is 12.2 Å². The Morgan fingerprint density at radius 2 is 2.17 bits per heavy atom. The predicted octanol–water partition coefficient (Wildman–Crippen LogP) is 2.42. The Hall–Kier alpha value is -3.00. The zero-order valence-electron chi connectivity index (χ0n) is 11.9. The van der Waals surface area contributed by atoms with Gasteiger partial charge < -0.3 is 9.47 Å².